The highest BCUT2D eigenvalue weighted by Crippen LogP contribution is 2.34. The van der Waals surface area contributed by atoms with Crippen molar-refractivity contribution in [3.05, 3.63) is 72.1 Å². The van der Waals surface area contributed by atoms with Gasteiger partial charge in [-0.25, -0.2) is 0 Å². The monoisotopic (exact) mass is 389 g/mol. The fourth-order valence-corrected chi connectivity index (χ4v) is 3.68. The lowest BCUT2D eigenvalue weighted by Gasteiger charge is -2.22. The van der Waals surface area contributed by atoms with Crippen LogP contribution in [0.15, 0.2) is 60.8 Å². The third kappa shape index (κ3) is 3.61. The van der Waals surface area contributed by atoms with Crippen LogP contribution in [-0.2, 0) is 6.42 Å². The number of anilines is 3. The first-order valence-corrected chi connectivity index (χ1v) is 9.47. The molecule has 2 heterocycles. The highest BCUT2D eigenvalue weighted by Gasteiger charge is 2.31. The number of pyridine rings is 1. The van der Waals surface area contributed by atoms with Crippen LogP contribution < -0.4 is 19.7 Å². The van der Waals surface area contributed by atoms with E-state index in [0.717, 1.165) is 23.5 Å². The maximum atomic E-state index is 13.2. The average Bonchev–Trinajstić information content (AvgIpc) is 3.09. The maximum Gasteiger partial charge on any atom is 0.277 e. The molecule has 1 unspecified atom stereocenters. The fraction of sp³-hybridized carbons (Fsp3) is 0.217. The third-order valence-corrected chi connectivity index (χ3v) is 5.09. The number of ether oxygens (including phenoxy) is 2. The molecule has 1 aromatic heterocycles. The van der Waals surface area contributed by atoms with Crippen molar-refractivity contribution in [1.82, 2.24) is 4.98 Å². The summed E-state index contributed by atoms with van der Waals surface area (Å²) in [6.07, 6.45) is 2.49. The zero-order chi connectivity index (χ0) is 20.4. The van der Waals surface area contributed by atoms with Gasteiger partial charge in [-0.1, -0.05) is 18.2 Å². The lowest BCUT2D eigenvalue weighted by atomic mass is 10.1. The van der Waals surface area contributed by atoms with Gasteiger partial charge < -0.3 is 19.7 Å². The molecule has 1 aliphatic rings. The van der Waals surface area contributed by atoms with Crippen molar-refractivity contribution in [3.63, 3.8) is 0 Å². The smallest absolute Gasteiger partial charge is 0.277 e. The standard InChI is InChI=1S/C23H23N3O3/c1-15-12-16-6-4-5-7-21(16)26(15)23(27)20-13-17(10-11-24-20)25-19-9-8-18(28-2)14-22(19)29-3/h4-11,13-15H,12H2,1-3H3,(H,24,25). The zero-order valence-corrected chi connectivity index (χ0v) is 16.7. The summed E-state index contributed by atoms with van der Waals surface area (Å²) in [6, 6.07) is 17.2. The van der Waals surface area contributed by atoms with E-state index in [0.29, 0.717) is 17.2 Å². The van der Waals surface area contributed by atoms with Crippen molar-refractivity contribution in [2.75, 3.05) is 24.4 Å². The summed E-state index contributed by atoms with van der Waals surface area (Å²) in [6.45, 7) is 2.06. The van der Waals surface area contributed by atoms with E-state index in [1.807, 2.05) is 41.3 Å². The van der Waals surface area contributed by atoms with Crippen LogP contribution in [0.2, 0.25) is 0 Å². The lowest BCUT2D eigenvalue weighted by Crippen LogP contribution is -2.36. The SMILES string of the molecule is COc1ccc(Nc2ccnc(C(=O)N3c4ccccc4CC3C)c2)c(OC)c1. The largest absolute Gasteiger partial charge is 0.497 e. The molecule has 0 saturated heterocycles. The predicted molar refractivity (Wildman–Crippen MR) is 113 cm³/mol. The van der Waals surface area contributed by atoms with Gasteiger partial charge in [-0.2, -0.15) is 0 Å². The minimum Gasteiger partial charge on any atom is -0.497 e. The molecule has 29 heavy (non-hydrogen) atoms. The molecule has 6 heteroatoms. The minimum atomic E-state index is -0.104. The van der Waals surface area contributed by atoms with Gasteiger partial charge >= 0.3 is 0 Å². The van der Waals surface area contributed by atoms with Crippen molar-refractivity contribution in [2.24, 2.45) is 0 Å². The maximum absolute atomic E-state index is 13.2. The first-order chi connectivity index (χ1) is 14.1. The van der Waals surface area contributed by atoms with Gasteiger partial charge in [0.25, 0.3) is 5.91 Å². The molecule has 0 spiro atoms. The van der Waals surface area contributed by atoms with Crippen LogP contribution in [0.4, 0.5) is 17.1 Å². The van der Waals surface area contributed by atoms with Crippen molar-refractivity contribution < 1.29 is 14.3 Å². The average molecular weight is 389 g/mol. The van der Waals surface area contributed by atoms with Crippen molar-refractivity contribution in [3.8, 4) is 11.5 Å². The van der Waals surface area contributed by atoms with Crippen molar-refractivity contribution >= 4 is 23.0 Å². The number of rotatable bonds is 5. The number of amides is 1. The molecule has 2 aromatic carbocycles. The molecule has 1 N–H and O–H groups in total. The zero-order valence-electron chi connectivity index (χ0n) is 16.7. The van der Waals surface area contributed by atoms with Gasteiger partial charge in [0.2, 0.25) is 0 Å². The second kappa shape index (κ2) is 7.83. The molecule has 1 aliphatic heterocycles. The summed E-state index contributed by atoms with van der Waals surface area (Å²) < 4.78 is 10.7. The molecule has 6 nitrogen and oxygen atoms in total. The Morgan fingerprint density at radius 3 is 2.72 bits per heavy atom. The van der Waals surface area contributed by atoms with Gasteiger partial charge in [-0.15, -0.1) is 0 Å². The number of aromatic nitrogens is 1. The highest BCUT2D eigenvalue weighted by molar-refractivity contribution is 6.07. The summed E-state index contributed by atoms with van der Waals surface area (Å²) in [5.41, 5.74) is 4.07. The molecule has 1 atom stereocenters. The Morgan fingerprint density at radius 2 is 1.93 bits per heavy atom. The van der Waals surface area contributed by atoms with Crippen molar-refractivity contribution in [1.29, 1.82) is 0 Å². The van der Waals surface area contributed by atoms with Gasteiger partial charge in [0.1, 0.15) is 17.2 Å². The molecule has 0 saturated carbocycles. The van der Waals surface area contributed by atoms with E-state index < -0.39 is 0 Å². The second-order valence-corrected chi connectivity index (χ2v) is 6.98. The van der Waals surface area contributed by atoms with E-state index in [4.69, 9.17) is 9.47 Å². The highest BCUT2D eigenvalue weighted by atomic mass is 16.5. The summed E-state index contributed by atoms with van der Waals surface area (Å²) in [5.74, 6) is 1.25. The van der Waals surface area contributed by atoms with Crippen LogP contribution in [-0.4, -0.2) is 31.2 Å². The molecule has 0 radical (unpaired) electrons. The molecule has 148 valence electrons. The Morgan fingerprint density at radius 1 is 1.10 bits per heavy atom. The summed E-state index contributed by atoms with van der Waals surface area (Å²) >= 11 is 0. The van der Waals surface area contributed by atoms with Crippen LogP contribution >= 0.6 is 0 Å². The number of para-hydroxylation sites is 1. The number of fused-ring (bicyclic) bond motifs is 1. The molecule has 0 fully saturated rings. The number of methoxy groups -OCH3 is 2. The van der Waals surface area contributed by atoms with Crippen LogP contribution in [0.3, 0.4) is 0 Å². The van der Waals surface area contributed by atoms with Gasteiger partial charge in [-0.05, 0) is 49.2 Å². The first-order valence-electron chi connectivity index (χ1n) is 9.47. The number of carbonyl (C=O) groups is 1. The number of nitrogens with one attached hydrogen (secondary N) is 1. The molecule has 4 rings (SSSR count). The topological polar surface area (TPSA) is 63.7 Å². The van der Waals surface area contributed by atoms with Crippen LogP contribution in [0, 0.1) is 0 Å². The van der Waals surface area contributed by atoms with Gasteiger partial charge in [0.05, 0.1) is 19.9 Å². The number of benzene rings is 2. The number of nitrogens with zero attached hydrogens (tertiary/aromatic N) is 2. The van der Waals surface area contributed by atoms with E-state index in [1.165, 1.54) is 5.56 Å². The van der Waals surface area contributed by atoms with E-state index in [9.17, 15) is 4.79 Å². The van der Waals surface area contributed by atoms with Crippen LogP contribution in [0.1, 0.15) is 23.0 Å². The lowest BCUT2D eigenvalue weighted by molar-refractivity contribution is 0.0976. The van der Waals surface area contributed by atoms with E-state index >= 15 is 0 Å². The van der Waals surface area contributed by atoms with Crippen molar-refractivity contribution in [2.45, 2.75) is 19.4 Å². The van der Waals surface area contributed by atoms with Gasteiger partial charge in [0, 0.05) is 29.7 Å². The Bertz CT molecular complexity index is 1050. The van der Waals surface area contributed by atoms with E-state index in [1.54, 1.807) is 32.5 Å². The predicted octanol–water partition coefficient (Wildman–Crippen LogP) is 4.43. The summed E-state index contributed by atoms with van der Waals surface area (Å²) in [7, 11) is 3.22. The first kappa shape index (κ1) is 18.8. The Hall–Kier alpha value is -3.54. The summed E-state index contributed by atoms with van der Waals surface area (Å²) in [5, 5.41) is 3.30. The number of hydrogen-bond acceptors (Lipinski definition) is 5. The third-order valence-electron chi connectivity index (χ3n) is 5.09. The van der Waals surface area contributed by atoms with E-state index in [2.05, 4.69) is 23.3 Å². The van der Waals surface area contributed by atoms with E-state index in [-0.39, 0.29) is 11.9 Å². The molecule has 0 aliphatic carbocycles. The molecule has 3 aromatic rings. The fourth-order valence-electron chi connectivity index (χ4n) is 3.68. The number of hydrogen-bond donors (Lipinski definition) is 1. The van der Waals surface area contributed by atoms with Gasteiger partial charge in [0.15, 0.2) is 0 Å². The molecule has 0 bridgehead atoms. The Balaban J connectivity index is 1.61. The van der Waals surface area contributed by atoms with Gasteiger partial charge in [-0.3, -0.25) is 9.78 Å². The Kier molecular flexibility index (Phi) is 5.08. The minimum absolute atomic E-state index is 0.0972. The van der Waals surface area contributed by atoms with Crippen LogP contribution in [0.25, 0.3) is 0 Å². The molecular weight excluding hydrogens is 366 g/mol. The summed E-state index contributed by atoms with van der Waals surface area (Å²) in [4.78, 5) is 19.4. The molecular formula is C23H23N3O3. The second-order valence-electron chi connectivity index (χ2n) is 6.98. The van der Waals surface area contributed by atoms with Crippen LogP contribution in [0.5, 0.6) is 11.5 Å². The normalized spacial score (nSPS) is 15.0. The number of carbonyl (C=O) groups excluding carboxylic acids is 1. The quantitative estimate of drug-likeness (QED) is 0.699. The Labute approximate surface area is 170 Å². The molecule has 1 amide bonds.